The number of pyridine rings is 1. The second-order valence-electron chi connectivity index (χ2n) is 5.65. The van der Waals surface area contributed by atoms with Crippen LogP contribution < -0.4 is 4.90 Å². The van der Waals surface area contributed by atoms with Crippen molar-refractivity contribution in [1.82, 2.24) is 9.88 Å². The number of furan rings is 1. The first kappa shape index (κ1) is 12.6. The number of rotatable bonds is 3. The Morgan fingerprint density at radius 1 is 1.29 bits per heavy atom. The number of nitrogens with zero attached hydrogens (tertiary/aromatic N) is 3. The van der Waals surface area contributed by atoms with Crippen molar-refractivity contribution in [2.75, 3.05) is 11.4 Å². The van der Waals surface area contributed by atoms with Crippen LogP contribution in [0.1, 0.15) is 18.6 Å². The van der Waals surface area contributed by atoms with Crippen molar-refractivity contribution in [3.63, 3.8) is 0 Å². The fourth-order valence-corrected chi connectivity index (χ4v) is 3.56. The highest BCUT2D eigenvalue weighted by Crippen LogP contribution is 2.36. The molecular weight excluding hydrogens is 266 g/mol. The van der Waals surface area contributed by atoms with Crippen molar-refractivity contribution in [3.05, 3.63) is 48.7 Å². The maximum atomic E-state index is 12.4. The minimum Gasteiger partial charge on any atom is -0.468 e. The SMILES string of the molecule is O=C1C[C@H]2[C@@H](CCN2Cc2ccco2)N1c1cccnc1. The topological polar surface area (TPSA) is 49.6 Å². The quantitative estimate of drug-likeness (QED) is 0.865. The molecule has 0 unspecified atom stereocenters. The molecule has 2 aromatic heterocycles. The van der Waals surface area contributed by atoms with Gasteiger partial charge in [-0.05, 0) is 30.7 Å². The van der Waals surface area contributed by atoms with E-state index in [0.717, 1.165) is 31.0 Å². The second kappa shape index (κ2) is 5.00. The largest absolute Gasteiger partial charge is 0.468 e. The smallest absolute Gasteiger partial charge is 0.229 e. The predicted molar refractivity (Wildman–Crippen MR) is 77.7 cm³/mol. The highest BCUT2D eigenvalue weighted by Gasteiger charge is 2.47. The molecule has 108 valence electrons. The summed E-state index contributed by atoms with van der Waals surface area (Å²) in [5.41, 5.74) is 0.912. The normalized spacial score (nSPS) is 25.5. The standard InChI is InChI=1S/C16H17N3O2/c20-16-9-15-14(19(16)12-3-1-6-17-10-12)5-7-18(15)11-13-4-2-8-21-13/h1-4,6,8,10,14-15H,5,7,9,11H2/t14-,15+/m1/s1. The fraction of sp³-hybridized carbons (Fsp3) is 0.375. The Bertz CT molecular complexity index is 626. The first-order valence-corrected chi connectivity index (χ1v) is 7.31. The Morgan fingerprint density at radius 2 is 2.24 bits per heavy atom. The predicted octanol–water partition coefficient (Wildman–Crippen LogP) is 2.05. The van der Waals surface area contributed by atoms with E-state index in [-0.39, 0.29) is 18.0 Å². The minimum atomic E-state index is 0.196. The van der Waals surface area contributed by atoms with Crippen molar-refractivity contribution >= 4 is 11.6 Å². The van der Waals surface area contributed by atoms with Crippen LogP contribution in [0.25, 0.3) is 0 Å². The summed E-state index contributed by atoms with van der Waals surface area (Å²) < 4.78 is 5.43. The van der Waals surface area contributed by atoms with Crippen LogP contribution in [0.4, 0.5) is 5.69 Å². The maximum Gasteiger partial charge on any atom is 0.229 e. The summed E-state index contributed by atoms with van der Waals surface area (Å²) in [4.78, 5) is 20.8. The van der Waals surface area contributed by atoms with Crippen LogP contribution in [0.2, 0.25) is 0 Å². The molecule has 0 radical (unpaired) electrons. The summed E-state index contributed by atoms with van der Waals surface area (Å²) in [7, 11) is 0. The first-order valence-electron chi connectivity index (χ1n) is 7.31. The van der Waals surface area contributed by atoms with Gasteiger partial charge in [0, 0.05) is 25.2 Å². The van der Waals surface area contributed by atoms with Crippen LogP contribution in [-0.2, 0) is 11.3 Å². The van der Waals surface area contributed by atoms with E-state index in [1.54, 1.807) is 18.7 Å². The molecule has 2 aliphatic heterocycles. The molecule has 2 aliphatic rings. The average Bonchev–Trinajstić information content (AvgIpc) is 3.19. The number of hydrogen-bond acceptors (Lipinski definition) is 4. The molecule has 0 aromatic carbocycles. The van der Waals surface area contributed by atoms with Gasteiger partial charge in [0.1, 0.15) is 5.76 Å². The summed E-state index contributed by atoms with van der Waals surface area (Å²) in [5.74, 6) is 1.16. The van der Waals surface area contributed by atoms with Gasteiger partial charge in [-0.1, -0.05) is 0 Å². The van der Waals surface area contributed by atoms with Gasteiger partial charge in [-0.2, -0.15) is 0 Å². The van der Waals surface area contributed by atoms with Crippen molar-refractivity contribution in [3.8, 4) is 0 Å². The van der Waals surface area contributed by atoms with Crippen LogP contribution in [0, 0.1) is 0 Å². The zero-order valence-electron chi connectivity index (χ0n) is 11.7. The third kappa shape index (κ3) is 2.14. The molecule has 5 nitrogen and oxygen atoms in total. The van der Waals surface area contributed by atoms with Crippen molar-refractivity contribution in [1.29, 1.82) is 0 Å². The number of aromatic nitrogens is 1. The highest BCUT2D eigenvalue weighted by atomic mass is 16.3. The third-order valence-electron chi connectivity index (χ3n) is 4.47. The molecule has 0 bridgehead atoms. The van der Waals surface area contributed by atoms with Gasteiger partial charge in [0.2, 0.25) is 5.91 Å². The van der Waals surface area contributed by atoms with Crippen LogP contribution in [0.3, 0.4) is 0 Å². The van der Waals surface area contributed by atoms with E-state index in [1.807, 2.05) is 29.2 Å². The summed E-state index contributed by atoms with van der Waals surface area (Å²) >= 11 is 0. The summed E-state index contributed by atoms with van der Waals surface area (Å²) in [5, 5.41) is 0. The molecule has 2 atom stereocenters. The van der Waals surface area contributed by atoms with E-state index in [2.05, 4.69) is 9.88 Å². The lowest BCUT2D eigenvalue weighted by Crippen LogP contribution is -2.37. The zero-order chi connectivity index (χ0) is 14.2. The van der Waals surface area contributed by atoms with E-state index in [4.69, 9.17) is 4.42 Å². The van der Waals surface area contributed by atoms with Crippen LogP contribution >= 0.6 is 0 Å². The molecule has 0 aliphatic carbocycles. The molecule has 2 aromatic rings. The van der Waals surface area contributed by atoms with Crippen molar-refractivity contribution in [2.45, 2.75) is 31.5 Å². The Labute approximate surface area is 123 Å². The molecule has 2 saturated heterocycles. The summed E-state index contributed by atoms with van der Waals surface area (Å²) in [6.07, 6.45) is 6.80. The third-order valence-corrected chi connectivity index (χ3v) is 4.47. The van der Waals surface area contributed by atoms with Crippen molar-refractivity contribution < 1.29 is 9.21 Å². The molecule has 4 heterocycles. The van der Waals surface area contributed by atoms with Crippen LogP contribution in [0.5, 0.6) is 0 Å². The number of likely N-dealkylation sites (tertiary alicyclic amines) is 1. The van der Waals surface area contributed by atoms with E-state index in [9.17, 15) is 4.79 Å². The Kier molecular flexibility index (Phi) is 3.00. The first-order chi connectivity index (χ1) is 10.3. The Morgan fingerprint density at radius 3 is 3.00 bits per heavy atom. The Hall–Kier alpha value is -2.14. The van der Waals surface area contributed by atoms with Gasteiger partial charge >= 0.3 is 0 Å². The molecule has 5 heteroatoms. The maximum absolute atomic E-state index is 12.4. The monoisotopic (exact) mass is 283 g/mol. The van der Waals surface area contributed by atoms with Crippen LogP contribution in [0.15, 0.2) is 47.3 Å². The fourth-order valence-electron chi connectivity index (χ4n) is 3.56. The zero-order valence-corrected chi connectivity index (χ0v) is 11.7. The highest BCUT2D eigenvalue weighted by molar-refractivity contribution is 5.97. The molecule has 0 spiro atoms. The van der Waals surface area contributed by atoms with Gasteiger partial charge in [0.15, 0.2) is 0 Å². The number of carbonyl (C=O) groups excluding carboxylic acids is 1. The molecule has 21 heavy (non-hydrogen) atoms. The van der Waals surface area contributed by atoms with Crippen molar-refractivity contribution in [2.24, 2.45) is 0 Å². The second-order valence-corrected chi connectivity index (χ2v) is 5.65. The number of hydrogen-bond donors (Lipinski definition) is 0. The van der Waals surface area contributed by atoms with Gasteiger partial charge < -0.3 is 9.32 Å². The number of carbonyl (C=O) groups is 1. The van der Waals surface area contributed by atoms with Gasteiger partial charge in [-0.3, -0.25) is 14.7 Å². The number of anilines is 1. The molecule has 0 N–H and O–H groups in total. The lowest BCUT2D eigenvalue weighted by atomic mass is 10.1. The molecule has 0 saturated carbocycles. The number of fused-ring (bicyclic) bond motifs is 1. The van der Waals surface area contributed by atoms with E-state index in [0.29, 0.717) is 6.42 Å². The summed E-state index contributed by atoms with van der Waals surface area (Å²) in [6, 6.07) is 8.28. The van der Waals surface area contributed by atoms with Gasteiger partial charge in [-0.15, -0.1) is 0 Å². The van der Waals surface area contributed by atoms with E-state index in [1.165, 1.54) is 0 Å². The molecule has 2 fully saturated rings. The average molecular weight is 283 g/mol. The van der Waals surface area contributed by atoms with E-state index < -0.39 is 0 Å². The minimum absolute atomic E-state index is 0.196. The van der Waals surface area contributed by atoms with Gasteiger partial charge in [0.25, 0.3) is 0 Å². The molecular formula is C16H17N3O2. The van der Waals surface area contributed by atoms with Crippen LogP contribution in [-0.4, -0.2) is 34.4 Å². The van der Waals surface area contributed by atoms with Gasteiger partial charge in [0.05, 0.1) is 30.7 Å². The lowest BCUT2D eigenvalue weighted by molar-refractivity contribution is -0.117. The number of amides is 1. The molecule has 1 amide bonds. The van der Waals surface area contributed by atoms with E-state index >= 15 is 0 Å². The Balaban J connectivity index is 1.55. The lowest BCUT2D eigenvalue weighted by Gasteiger charge is -2.24. The summed E-state index contributed by atoms with van der Waals surface area (Å²) in [6.45, 7) is 1.78. The molecule has 4 rings (SSSR count). The van der Waals surface area contributed by atoms with Gasteiger partial charge in [-0.25, -0.2) is 0 Å².